The van der Waals surface area contributed by atoms with E-state index in [9.17, 15) is 9.18 Å². The van der Waals surface area contributed by atoms with Gasteiger partial charge in [-0.05, 0) is 30.3 Å². The van der Waals surface area contributed by atoms with E-state index in [1.807, 2.05) is 0 Å². The van der Waals surface area contributed by atoms with Gasteiger partial charge in [-0.1, -0.05) is 29.3 Å². The van der Waals surface area contributed by atoms with E-state index in [1.54, 1.807) is 12.1 Å². The minimum atomic E-state index is -0.585. The van der Waals surface area contributed by atoms with Crippen LogP contribution >= 0.6 is 23.2 Å². The monoisotopic (exact) mass is 298 g/mol. The molecule has 0 saturated heterocycles. The normalized spacial score (nSPS) is 10.3. The largest absolute Gasteiger partial charge is 0.398 e. The molecule has 0 aliphatic carbocycles. The highest BCUT2D eigenvalue weighted by atomic mass is 35.5. The molecule has 2 rings (SSSR count). The van der Waals surface area contributed by atoms with E-state index in [-0.39, 0.29) is 22.0 Å². The Labute approximate surface area is 119 Å². The molecule has 1 amide bonds. The van der Waals surface area contributed by atoms with Crippen molar-refractivity contribution in [3.63, 3.8) is 0 Å². The summed E-state index contributed by atoms with van der Waals surface area (Å²) in [6.45, 7) is 0. The molecule has 3 nitrogen and oxygen atoms in total. The molecule has 98 valence electrons. The van der Waals surface area contributed by atoms with E-state index < -0.39 is 11.7 Å². The summed E-state index contributed by atoms with van der Waals surface area (Å²) < 4.78 is 13.5. The molecule has 0 unspecified atom stereocenters. The number of hydrogen-bond acceptors (Lipinski definition) is 2. The van der Waals surface area contributed by atoms with E-state index in [0.717, 1.165) is 0 Å². The number of rotatable bonds is 2. The average Bonchev–Trinajstić information content (AvgIpc) is 2.37. The van der Waals surface area contributed by atoms with Crippen molar-refractivity contribution >= 4 is 40.5 Å². The Morgan fingerprint density at radius 3 is 2.68 bits per heavy atom. The van der Waals surface area contributed by atoms with Gasteiger partial charge in [-0.15, -0.1) is 0 Å². The number of anilines is 2. The lowest BCUT2D eigenvalue weighted by Crippen LogP contribution is -2.14. The number of nitrogens with one attached hydrogen (secondary N) is 1. The first-order valence-corrected chi connectivity index (χ1v) is 6.05. The second kappa shape index (κ2) is 5.47. The first-order valence-electron chi connectivity index (χ1n) is 5.29. The van der Waals surface area contributed by atoms with Crippen LogP contribution < -0.4 is 11.1 Å². The van der Waals surface area contributed by atoms with Crippen LogP contribution in [-0.4, -0.2) is 5.91 Å². The summed E-state index contributed by atoms with van der Waals surface area (Å²) in [6, 6.07) is 8.52. The quantitative estimate of drug-likeness (QED) is 0.824. The van der Waals surface area contributed by atoms with Gasteiger partial charge in [0, 0.05) is 5.02 Å². The highest BCUT2D eigenvalue weighted by Gasteiger charge is 2.14. The van der Waals surface area contributed by atoms with E-state index in [1.165, 1.54) is 24.3 Å². The van der Waals surface area contributed by atoms with Crippen LogP contribution in [0.4, 0.5) is 15.8 Å². The number of amides is 1. The molecule has 0 aromatic heterocycles. The average molecular weight is 299 g/mol. The lowest BCUT2D eigenvalue weighted by Gasteiger charge is -2.09. The maximum absolute atomic E-state index is 13.5. The van der Waals surface area contributed by atoms with Gasteiger partial charge in [-0.25, -0.2) is 4.39 Å². The molecule has 2 aromatic carbocycles. The van der Waals surface area contributed by atoms with Crippen molar-refractivity contribution in [1.82, 2.24) is 0 Å². The smallest absolute Gasteiger partial charge is 0.257 e. The summed E-state index contributed by atoms with van der Waals surface area (Å²) in [5, 5.41) is 2.84. The van der Waals surface area contributed by atoms with Crippen LogP contribution in [-0.2, 0) is 0 Å². The molecule has 0 aliphatic rings. The van der Waals surface area contributed by atoms with E-state index in [0.29, 0.717) is 5.02 Å². The number of hydrogen-bond donors (Lipinski definition) is 2. The van der Waals surface area contributed by atoms with Gasteiger partial charge in [0.15, 0.2) is 0 Å². The Hall–Kier alpha value is -1.78. The maximum atomic E-state index is 13.5. The van der Waals surface area contributed by atoms with Crippen molar-refractivity contribution in [2.45, 2.75) is 0 Å². The van der Waals surface area contributed by atoms with Gasteiger partial charge < -0.3 is 11.1 Å². The van der Waals surface area contributed by atoms with Crippen molar-refractivity contribution in [3.8, 4) is 0 Å². The van der Waals surface area contributed by atoms with Crippen LogP contribution in [0.15, 0.2) is 36.4 Å². The van der Waals surface area contributed by atoms with Gasteiger partial charge in [0.25, 0.3) is 5.91 Å². The summed E-state index contributed by atoms with van der Waals surface area (Å²) in [5.74, 6) is -1.14. The molecule has 0 bridgehead atoms. The number of carbonyl (C=O) groups excluding carboxylic acids is 1. The second-order valence-corrected chi connectivity index (χ2v) is 4.60. The number of nitrogens with two attached hydrogens (primary N) is 1. The minimum absolute atomic E-state index is 0.0176. The van der Waals surface area contributed by atoms with Gasteiger partial charge in [0.05, 0.1) is 22.0 Å². The Balaban J connectivity index is 2.31. The third kappa shape index (κ3) is 2.97. The molecule has 19 heavy (non-hydrogen) atoms. The first-order chi connectivity index (χ1) is 8.99. The summed E-state index contributed by atoms with van der Waals surface area (Å²) in [4.78, 5) is 12.0. The van der Waals surface area contributed by atoms with E-state index in [4.69, 9.17) is 28.9 Å². The van der Waals surface area contributed by atoms with E-state index in [2.05, 4.69) is 5.32 Å². The molecule has 0 heterocycles. The van der Waals surface area contributed by atoms with Crippen molar-refractivity contribution < 1.29 is 9.18 Å². The van der Waals surface area contributed by atoms with Gasteiger partial charge >= 0.3 is 0 Å². The van der Waals surface area contributed by atoms with Crippen LogP contribution in [0.1, 0.15) is 10.4 Å². The molecule has 3 N–H and O–H groups in total. The van der Waals surface area contributed by atoms with Crippen LogP contribution in [0.5, 0.6) is 0 Å². The summed E-state index contributed by atoms with van der Waals surface area (Å²) >= 11 is 11.7. The molecule has 0 radical (unpaired) electrons. The second-order valence-electron chi connectivity index (χ2n) is 3.79. The van der Waals surface area contributed by atoms with Gasteiger partial charge in [0.2, 0.25) is 0 Å². The third-order valence-corrected chi connectivity index (χ3v) is 3.11. The summed E-state index contributed by atoms with van der Waals surface area (Å²) in [5.41, 5.74) is 6.03. The first kappa shape index (κ1) is 13.6. The molecule has 0 spiro atoms. The van der Waals surface area contributed by atoms with Gasteiger partial charge in [-0.3, -0.25) is 4.79 Å². The number of benzene rings is 2. The van der Waals surface area contributed by atoms with Crippen molar-refractivity contribution in [1.29, 1.82) is 0 Å². The molecule has 0 atom stereocenters. The SMILES string of the molecule is Nc1cccc(C(=O)Nc2cc(Cl)ccc2F)c1Cl. The van der Waals surface area contributed by atoms with Gasteiger partial charge in [-0.2, -0.15) is 0 Å². The fourth-order valence-corrected chi connectivity index (χ4v) is 1.89. The number of nitrogen functional groups attached to an aromatic ring is 1. The van der Waals surface area contributed by atoms with Crippen LogP contribution in [0.2, 0.25) is 10.0 Å². The number of carbonyl (C=O) groups is 1. The van der Waals surface area contributed by atoms with Crippen LogP contribution in [0, 0.1) is 5.82 Å². The van der Waals surface area contributed by atoms with E-state index >= 15 is 0 Å². The molecular weight excluding hydrogens is 290 g/mol. The minimum Gasteiger partial charge on any atom is -0.398 e. The van der Waals surface area contributed by atoms with Crippen molar-refractivity contribution in [2.24, 2.45) is 0 Å². The molecule has 0 saturated carbocycles. The zero-order valence-corrected chi connectivity index (χ0v) is 11.1. The highest BCUT2D eigenvalue weighted by molar-refractivity contribution is 6.36. The zero-order chi connectivity index (χ0) is 14.0. The van der Waals surface area contributed by atoms with Gasteiger partial charge in [0.1, 0.15) is 5.82 Å². The molecule has 0 aliphatic heterocycles. The topological polar surface area (TPSA) is 55.1 Å². The fraction of sp³-hybridized carbons (Fsp3) is 0. The molecule has 0 fully saturated rings. The lowest BCUT2D eigenvalue weighted by atomic mass is 10.2. The third-order valence-electron chi connectivity index (χ3n) is 2.45. The molecule has 2 aromatic rings. The number of halogens is 3. The van der Waals surface area contributed by atoms with Crippen molar-refractivity contribution in [2.75, 3.05) is 11.1 Å². The van der Waals surface area contributed by atoms with Crippen LogP contribution in [0.25, 0.3) is 0 Å². The highest BCUT2D eigenvalue weighted by Crippen LogP contribution is 2.25. The van der Waals surface area contributed by atoms with Crippen LogP contribution in [0.3, 0.4) is 0 Å². The Morgan fingerprint density at radius 1 is 1.21 bits per heavy atom. The fourth-order valence-electron chi connectivity index (χ4n) is 1.51. The summed E-state index contributed by atoms with van der Waals surface area (Å²) in [7, 11) is 0. The molecular formula is C13H9Cl2FN2O. The predicted octanol–water partition coefficient (Wildman–Crippen LogP) is 3.97. The predicted molar refractivity (Wildman–Crippen MR) is 75.2 cm³/mol. The Kier molecular flexibility index (Phi) is 3.93. The Morgan fingerprint density at radius 2 is 1.95 bits per heavy atom. The zero-order valence-electron chi connectivity index (χ0n) is 9.58. The lowest BCUT2D eigenvalue weighted by molar-refractivity contribution is 0.102. The maximum Gasteiger partial charge on any atom is 0.257 e. The molecule has 6 heteroatoms. The Bertz CT molecular complexity index is 647. The van der Waals surface area contributed by atoms with Crippen molar-refractivity contribution in [3.05, 3.63) is 57.8 Å². The summed E-state index contributed by atoms with van der Waals surface area (Å²) in [6.07, 6.45) is 0. The standard InChI is InChI=1S/C13H9Cl2FN2O/c14-7-4-5-9(16)11(6-7)18-13(19)8-2-1-3-10(17)12(8)15/h1-6H,17H2,(H,18,19).